The number of hydrogen-bond acceptors (Lipinski definition) is 4. The molecule has 0 saturated heterocycles. The maximum absolute atomic E-state index is 12.7. The minimum atomic E-state index is -0.421. The Morgan fingerprint density at radius 3 is 2.43 bits per heavy atom. The van der Waals surface area contributed by atoms with Gasteiger partial charge in [0, 0.05) is 29.0 Å². The van der Waals surface area contributed by atoms with Crippen molar-refractivity contribution in [3.63, 3.8) is 0 Å². The standard InChI is InChI=1S/C29H27ClN4O/c1-4-7-23(35)17-26-29-33-32-19(3)34(29)27-15-12-21(24-9-6-5-8-18(24)2)16-25(27)28(31-26)20-10-13-22(30)14-11-20/h5-6,8-16,26H,4,7,17H2,1-3H3/t26-/m0/s1. The summed E-state index contributed by atoms with van der Waals surface area (Å²) in [5.74, 6) is 1.64. The number of Topliss-reactive ketones (excluding diaryl/α,β-unsaturated/α-hetero) is 1. The molecule has 176 valence electrons. The van der Waals surface area contributed by atoms with E-state index < -0.39 is 6.04 Å². The maximum Gasteiger partial charge on any atom is 0.162 e. The average Bonchev–Trinajstić information content (AvgIpc) is 3.17. The summed E-state index contributed by atoms with van der Waals surface area (Å²) in [5, 5.41) is 9.51. The molecule has 0 fully saturated rings. The molecule has 0 aliphatic carbocycles. The van der Waals surface area contributed by atoms with Crippen LogP contribution in [0, 0.1) is 13.8 Å². The molecule has 0 amide bonds. The molecule has 3 aromatic carbocycles. The van der Waals surface area contributed by atoms with Crippen molar-refractivity contribution in [2.75, 3.05) is 0 Å². The van der Waals surface area contributed by atoms with Crippen LogP contribution in [0.1, 0.15) is 60.6 Å². The molecule has 35 heavy (non-hydrogen) atoms. The molecule has 1 aromatic heterocycles. The highest BCUT2D eigenvalue weighted by Crippen LogP contribution is 2.35. The van der Waals surface area contributed by atoms with E-state index in [1.807, 2.05) is 48.7 Å². The minimum absolute atomic E-state index is 0.176. The summed E-state index contributed by atoms with van der Waals surface area (Å²) in [4.78, 5) is 17.9. The van der Waals surface area contributed by atoms with Crippen LogP contribution in [0.3, 0.4) is 0 Å². The normalized spacial score (nSPS) is 14.6. The fourth-order valence-corrected chi connectivity index (χ4v) is 4.86. The van der Waals surface area contributed by atoms with Crippen LogP contribution < -0.4 is 0 Å². The Bertz CT molecular complexity index is 1440. The Kier molecular flexibility index (Phi) is 6.35. The first-order valence-corrected chi connectivity index (χ1v) is 12.3. The lowest BCUT2D eigenvalue weighted by molar-refractivity contribution is -0.119. The van der Waals surface area contributed by atoms with Gasteiger partial charge in [0.25, 0.3) is 0 Å². The number of aromatic nitrogens is 3. The van der Waals surface area contributed by atoms with E-state index in [2.05, 4.69) is 53.5 Å². The highest BCUT2D eigenvalue weighted by Gasteiger charge is 2.29. The third-order valence-electron chi connectivity index (χ3n) is 6.45. The quantitative estimate of drug-likeness (QED) is 0.301. The summed E-state index contributed by atoms with van der Waals surface area (Å²) in [6.45, 7) is 6.07. The molecule has 0 radical (unpaired) electrons. The van der Waals surface area contributed by atoms with Gasteiger partial charge in [-0.3, -0.25) is 14.4 Å². The van der Waals surface area contributed by atoms with Crippen LogP contribution in [0.4, 0.5) is 0 Å². The Morgan fingerprint density at radius 2 is 1.69 bits per heavy atom. The Hall–Kier alpha value is -3.57. The van der Waals surface area contributed by atoms with E-state index >= 15 is 0 Å². The lowest BCUT2D eigenvalue weighted by Gasteiger charge is -2.15. The molecule has 5 rings (SSSR count). The zero-order chi connectivity index (χ0) is 24.5. The van der Waals surface area contributed by atoms with Crippen molar-refractivity contribution in [1.82, 2.24) is 14.8 Å². The fraction of sp³-hybridized carbons (Fsp3) is 0.241. The van der Waals surface area contributed by atoms with Gasteiger partial charge in [0.1, 0.15) is 17.6 Å². The zero-order valence-corrected chi connectivity index (χ0v) is 20.9. The third kappa shape index (κ3) is 4.44. The monoisotopic (exact) mass is 482 g/mol. The van der Waals surface area contributed by atoms with Gasteiger partial charge in [-0.15, -0.1) is 10.2 Å². The number of fused-ring (bicyclic) bond motifs is 3. The molecular formula is C29H27ClN4O. The van der Waals surface area contributed by atoms with Crippen LogP contribution in [-0.4, -0.2) is 26.3 Å². The fourth-order valence-electron chi connectivity index (χ4n) is 4.73. The van der Waals surface area contributed by atoms with Crippen LogP contribution in [0.5, 0.6) is 0 Å². The molecule has 1 aliphatic heterocycles. The largest absolute Gasteiger partial charge is 0.300 e. The van der Waals surface area contributed by atoms with E-state index in [4.69, 9.17) is 16.6 Å². The highest BCUT2D eigenvalue weighted by atomic mass is 35.5. The molecule has 0 N–H and O–H groups in total. The number of nitrogens with zero attached hydrogens (tertiary/aromatic N) is 4. The van der Waals surface area contributed by atoms with Crippen LogP contribution in [0.2, 0.25) is 5.02 Å². The van der Waals surface area contributed by atoms with Crippen LogP contribution in [0.25, 0.3) is 16.8 Å². The van der Waals surface area contributed by atoms with Crippen molar-refractivity contribution in [2.24, 2.45) is 4.99 Å². The van der Waals surface area contributed by atoms with Crippen molar-refractivity contribution in [1.29, 1.82) is 0 Å². The molecule has 0 bridgehead atoms. The van der Waals surface area contributed by atoms with Crippen molar-refractivity contribution in [3.05, 3.63) is 100 Å². The maximum atomic E-state index is 12.7. The summed E-state index contributed by atoms with van der Waals surface area (Å²) in [5.41, 5.74) is 7.19. The number of aryl methyl sites for hydroxylation is 2. The number of ketones is 1. The van der Waals surface area contributed by atoms with Crippen LogP contribution in [0.15, 0.2) is 71.7 Å². The van der Waals surface area contributed by atoms with Crippen molar-refractivity contribution < 1.29 is 4.79 Å². The number of rotatable bonds is 6. The Balaban J connectivity index is 1.76. The molecule has 1 atom stereocenters. The van der Waals surface area contributed by atoms with Gasteiger partial charge in [-0.1, -0.05) is 61.0 Å². The second-order valence-electron chi connectivity index (χ2n) is 8.98. The smallest absolute Gasteiger partial charge is 0.162 e. The predicted molar refractivity (Wildman–Crippen MR) is 141 cm³/mol. The molecule has 5 nitrogen and oxygen atoms in total. The van der Waals surface area contributed by atoms with Gasteiger partial charge in [0.05, 0.1) is 11.4 Å². The van der Waals surface area contributed by atoms with E-state index in [1.165, 1.54) is 11.1 Å². The molecule has 0 spiro atoms. The summed E-state index contributed by atoms with van der Waals surface area (Å²) >= 11 is 6.21. The molecule has 2 heterocycles. The van der Waals surface area contributed by atoms with E-state index in [-0.39, 0.29) is 5.78 Å². The molecular weight excluding hydrogens is 456 g/mol. The van der Waals surface area contributed by atoms with Gasteiger partial charge in [-0.2, -0.15) is 0 Å². The number of carbonyl (C=O) groups excluding carboxylic acids is 1. The van der Waals surface area contributed by atoms with Crippen molar-refractivity contribution in [2.45, 2.75) is 46.1 Å². The van der Waals surface area contributed by atoms with Crippen LogP contribution in [-0.2, 0) is 4.79 Å². The lowest BCUT2D eigenvalue weighted by atomic mass is 9.94. The highest BCUT2D eigenvalue weighted by molar-refractivity contribution is 6.30. The van der Waals surface area contributed by atoms with E-state index in [0.717, 1.165) is 40.3 Å². The number of aliphatic imine (C=N–C) groups is 1. The Labute approximate surface area is 210 Å². The minimum Gasteiger partial charge on any atom is -0.300 e. The molecule has 1 aliphatic rings. The number of halogens is 1. The van der Waals surface area contributed by atoms with Crippen molar-refractivity contribution >= 4 is 23.1 Å². The molecule has 4 aromatic rings. The van der Waals surface area contributed by atoms with Gasteiger partial charge in [-0.25, -0.2) is 0 Å². The zero-order valence-electron chi connectivity index (χ0n) is 20.1. The summed E-state index contributed by atoms with van der Waals surface area (Å²) in [6.07, 6.45) is 1.63. The lowest BCUT2D eigenvalue weighted by Crippen LogP contribution is -2.11. The van der Waals surface area contributed by atoms with Gasteiger partial charge in [0.15, 0.2) is 5.82 Å². The molecule has 0 saturated carbocycles. The summed E-state index contributed by atoms with van der Waals surface area (Å²) in [6, 6.07) is 22.1. The molecule has 6 heteroatoms. The summed E-state index contributed by atoms with van der Waals surface area (Å²) in [7, 11) is 0. The average molecular weight is 483 g/mol. The van der Waals surface area contributed by atoms with E-state index in [0.29, 0.717) is 23.7 Å². The summed E-state index contributed by atoms with van der Waals surface area (Å²) < 4.78 is 2.05. The Morgan fingerprint density at radius 1 is 0.943 bits per heavy atom. The van der Waals surface area contributed by atoms with Crippen molar-refractivity contribution in [3.8, 4) is 16.8 Å². The van der Waals surface area contributed by atoms with Gasteiger partial charge in [0.2, 0.25) is 0 Å². The number of carbonyl (C=O) groups is 1. The third-order valence-corrected chi connectivity index (χ3v) is 6.70. The first-order valence-electron chi connectivity index (χ1n) is 11.9. The topological polar surface area (TPSA) is 60.1 Å². The predicted octanol–water partition coefficient (Wildman–Crippen LogP) is 6.86. The SMILES string of the molecule is CCCC(=O)C[C@@H]1N=C(c2ccc(Cl)cc2)c2cc(-c3ccccc3C)ccc2-n2c(C)nnc21. The molecule has 0 unspecified atom stereocenters. The number of hydrogen-bond donors (Lipinski definition) is 0. The van der Waals surface area contributed by atoms with Gasteiger partial charge >= 0.3 is 0 Å². The first-order chi connectivity index (χ1) is 17.0. The van der Waals surface area contributed by atoms with E-state index in [1.54, 1.807) is 0 Å². The van der Waals surface area contributed by atoms with E-state index in [9.17, 15) is 4.79 Å². The van der Waals surface area contributed by atoms with Crippen LogP contribution >= 0.6 is 11.6 Å². The van der Waals surface area contributed by atoms with Gasteiger partial charge < -0.3 is 0 Å². The second kappa shape index (κ2) is 9.59. The second-order valence-corrected chi connectivity index (χ2v) is 9.42. The number of benzene rings is 3. The first kappa shape index (κ1) is 23.2. The van der Waals surface area contributed by atoms with Gasteiger partial charge in [-0.05, 0) is 61.2 Å².